The Kier molecular flexibility index (Phi) is 7.35. The SMILES string of the molecule is c1ccc(-c2cc(-c3ccccc3)c3c(c2)-c2cc(-c4cccc(-c5ccc6c7ccccc7c7ccccc7c6c5)c4)cc(-c4ccccc4)c2C3)cc1. The van der Waals surface area contributed by atoms with E-state index in [9.17, 15) is 0 Å². The van der Waals surface area contributed by atoms with Crippen molar-refractivity contribution in [3.8, 4) is 66.8 Å². The summed E-state index contributed by atoms with van der Waals surface area (Å²) < 4.78 is 0. The van der Waals surface area contributed by atoms with Crippen molar-refractivity contribution in [2.45, 2.75) is 6.42 Å². The molecule has 0 N–H and O–H groups in total. The summed E-state index contributed by atoms with van der Waals surface area (Å²) in [6, 6.07) is 76.2. The van der Waals surface area contributed by atoms with Crippen LogP contribution in [-0.4, -0.2) is 0 Å². The first-order valence-electron chi connectivity index (χ1n) is 19.2. The first kappa shape index (κ1) is 31.5. The molecule has 10 aromatic carbocycles. The average Bonchev–Trinajstić information content (AvgIpc) is 3.65. The lowest BCUT2D eigenvalue weighted by Gasteiger charge is -2.15. The molecule has 0 bridgehead atoms. The Labute approximate surface area is 321 Å². The summed E-state index contributed by atoms with van der Waals surface area (Å²) >= 11 is 0. The molecule has 0 aliphatic heterocycles. The van der Waals surface area contributed by atoms with Crippen LogP contribution < -0.4 is 0 Å². The second-order valence-electron chi connectivity index (χ2n) is 14.8. The van der Waals surface area contributed by atoms with Crippen LogP contribution in [0, 0.1) is 0 Å². The number of rotatable bonds is 5. The molecular formula is C55H36. The third kappa shape index (κ3) is 5.30. The van der Waals surface area contributed by atoms with E-state index in [0.717, 1.165) is 6.42 Å². The topological polar surface area (TPSA) is 0 Å². The molecular weight excluding hydrogens is 661 g/mol. The molecule has 0 amide bonds. The fourth-order valence-electron chi connectivity index (χ4n) is 9.06. The predicted molar refractivity (Wildman–Crippen MR) is 234 cm³/mol. The maximum Gasteiger partial charge on any atom is -0.000110 e. The van der Waals surface area contributed by atoms with Gasteiger partial charge >= 0.3 is 0 Å². The van der Waals surface area contributed by atoms with E-state index < -0.39 is 0 Å². The largest absolute Gasteiger partial charge is 0.0622 e. The van der Waals surface area contributed by atoms with Crippen molar-refractivity contribution >= 4 is 32.3 Å². The normalized spacial score (nSPS) is 11.9. The van der Waals surface area contributed by atoms with Gasteiger partial charge in [-0.2, -0.15) is 0 Å². The van der Waals surface area contributed by atoms with Gasteiger partial charge in [-0.15, -0.1) is 0 Å². The summed E-state index contributed by atoms with van der Waals surface area (Å²) in [5.41, 5.74) is 18.0. The number of hydrogen-bond acceptors (Lipinski definition) is 0. The van der Waals surface area contributed by atoms with Crippen LogP contribution >= 0.6 is 0 Å². The second kappa shape index (κ2) is 12.8. The van der Waals surface area contributed by atoms with Crippen molar-refractivity contribution in [3.63, 3.8) is 0 Å². The minimum Gasteiger partial charge on any atom is -0.0622 e. The van der Waals surface area contributed by atoms with Gasteiger partial charge in [0.15, 0.2) is 0 Å². The van der Waals surface area contributed by atoms with E-state index in [2.05, 4.69) is 206 Å². The molecule has 55 heavy (non-hydrogen) atoms. The molecule has 0 spiro atoms. The van der Waals surface area contributed by atoms with Gasteiger partial charge in [-0.25, -0.2) is 0 Å². The molecule has 0 aromatic heterocycles. The Morgan fingerprint density at radius 1 is 0.200 bits per heavy atom. The van der Waals surface area contributed by atoms with Crippen molar-refractivity contribution in [3.05, 3.63) is 217 Å². The zero-order chi connectivity index (χ0) is 36.3. The average molecular weight is 697 g/mol. The molecule has 0 heteroatoms. The fraction of sp³-hybridized carbons (Fsp3) is 0.0182. The van der Waals surface area contributed by atoms with Crippen LogP contribution in [0.2, 0.25) is 0 Å². The third-order valence-electron chi connectivity index (χ3n) is 11.7. The molecule has 256 valence electrons. The Bertz CT molecular complexity index is 3050. The fourth-order valence-corrected chi connectivity index (χ4v) is 9.06. The van der Waals surface area contributed by atoms with Gasteiger partial charge in [-0.05, 0) is 153 Å². The monoisotopic (exact) mass is 696 g/mol. The second-order valence-corrected chi connectivity index (χ2v) is 14.8. The smallest absolute Gasteiger partial charge is 0.000110 e. The lowest BCUT2D eigenvalue weighted by molar-refractivity contribution is 1.26. The number of hydrogen-bond donors (Lipinski definition) is 0. The Hall–Kier alpha value is -7.02. The molecule has 0 saturated carbocycles. The summed E-state index contributed by atoms with van der Waals surface area (Å²) in [7, 11) is 0. The van der Waals surface area contributed by atoms with Crippen molar-refractivity contribution in [1.82, 2.24) is 0 Å². The molecule has 1 aliphatic carbocycles. The van der Waals surface area contributed by atoms with Crippen molar-refractivity contribution in [1.29, 1.82) is 0 Å². The maximum absolute atomic E-state index is 2.45. The van der Waals surface area contributed by atoms with Crippen LogP contribution in [0.25, 0.3) is 99.1 Å². The minimum atomic E-state index is 0.897. The van der Waals surface area contributed by atoms with E-state index in [-0.39, 0.29) is 0 Å². The zero-order valence-corrected chi connectivity index (χ0v) is 30.3. The van der Waals surface area contributed by atoms with Gasteiger partial charge in [0.1, 0.15) is 0 Å². The van der Waals surface area contributed by atoms with Gasteiger partial charge in [-0.1, -0.05) is 170 Å². The summed E-state index contributed by atoms with van der Waals surface area (Å²) in [5, 5.41) is 7.79. The molecule has 0 nitrogen and oxygen atoms in total. The van der Waals surface area contributed by atoms with Gasteiger partial charge < -0.3 is 0 Å². The summed E-state index contributed by atoms with van der Waals surface area (Å²) in [6.07, 6.45) is 0.897. The highest BCUT2D eigenvalue weighted by Gasteiger charge is 2.27. The van der Waals surface area contributed by atoms with Crippen LogP contribution in [0.15, 0.2) is 206 Å². The Morgan fingerprint density at radius 3 is 1.09 bits per heavy atom. The van der Waals surface area contributed by atoms with Gasteiger partial charge in [0.05, 0.1) is 0 Å². The third-order valence-corrected chi connectivity index (χ3v) is 11.7. The van der Waals surface area contributed by atoms with Crippen molar-refractivity contribution in [2.75, 3.05) is 0 Å². The first-order valence-corrected chi connectivity index (χ1v) is 19.2. The van der Waals surface area contributed by atoms with E-state index in [1.165, 1.54) is 110 Å². The zero-order valence-electron chi connectivity index (χ0n) is 30.3. The Morgan fingerprint density at radius 2 is 0.564 bits per heavy atom. The molecule has 0 radical (unpaired) electrons. The standard InChI is InChI=1S/C55H36/c1-4-15-36(16-5-1)42-31-49(37-17-6-2-7-18-37)54-35-55-50(38-19-8-3-9-20-38)32-43(34-53(55)52(54)33-42)40-22-14-21-39(29-40)41-27-28-48-46-25-11-10-23-44(46)45-24-12-13-26-47(45)51(48)30-41/h1-34H,35H2. The van der Waals surface area contributed by atoms with E-state index >= 15 is 0 Å². The van der Waals surface area contributed by atoms with Gasteiger partial charge in [0.25, 0.3) is 0 Å². The number of benzene rings is 10. The maximum atomic E-state index is 2.45. The van der Waals surface area contributed by atoms with Crippen LogP contribution in [-0.2, 0) is 6.42 Å². The van der Waals surface area contributed by atoms with Crippen LogP contribution in [0.3, 0.4) is 0 Å². The Balaban J connectivity index is 1.10. The molecule has 0 heterocycles. The predicted octanol–water partition coefficient (Wildman–Crippen LogP) is 15.1. The summed E-state index contributed by atoms with van der Waals surface area (Å²) in [6.45, 7) is 0. The van der Waals surface area contributed by atoms with Crippen LogP contribution in [0.5, 0.6) is 0 Å². The molecule has 0 unspecified atom stereocenters. The van der Waals surface area contributed by atoms with E-state index in [1.54, 1.807) is 0 Å². The van der Waals surface area contributed by atoms with E-state index in [1.807, 2.05) is 0 Å². The highest BCUT2D eigenvalue weighted by atomic mass is 14.3. The van der Waals surface area contributed by atoms with Gasteiger partial charge in [0.2, 0.25) is 0 Å². The highest BCUT2D eigenvalue weighted by molar-refractivity contribution is 6.25. The quantitative estimate of drug-likeness (QED) is 0.157. The summed E-state index contributed by atoms with van der Waals surface area (Å²) in [5.74, 6) is 0. The molecule has 1 aliphatic rings. The number of fused-ring (bicyclic) bond motifs is 9. The van der Waals surface area contributed by atoms with Crippen molar-refractivity contribution < 1.29 is 0 Å². The first-order chi connectivity index (χ1) is 27.3. The summed E-state index contributed by atoms with van der Waals surface area (Å²) in [4.78, 5) is 0. The van der Waals surface area contributed by atoms with E-state index in [0.29, 0.717) is 0 Å². The molecule has 11 rings (SSSR count). The minimum absolute atomic E-state index is 0.897. The van der Waals surface area contributed by atoms with E-state index in [4.69, 9.17) is 0 Å². The van der Waals surface area contributed by atoms with Crippen molar-refractivity contribution in [2.24, 2.45) is 0 Å². The molecule has 0 saturated heterocycles. The molecule has 10 aromatic rings. The lowest BCUT2D eigenvalue weighted by atomic mass is 9.89. The molecule has 0 fully saturated rings. The van der Waals surface area contributed by atoms with Crippen LogP contribution in [0.4, 0.5) is 0 Å². The molecule has 0 atom stereocenters. The lowest BCUT2D eigenvalue weighted by Crippen LogP contribution is -1.92. The highest BCUT2D eigenvalue weighted by Crippen LogP contribution is 2.49. The van der Waals surface area contributed by atoms with Crippen LogP contribution in [0.1, 0.15) is 11.1 Å². The van der Waals surface area contributed by atoms with Gasteiger partial charge in [-0.3, -0.25) is 0 Å². The van der Waals surface area contributed by atoms with Gasteiger partial charge in [0, 0.05) is 0 Å².